The van der Waals surface area contributed by atoms with Crippen LogP contribution in [0.5, 0.6) is 5.75 Å². The summed E-state index contributed by atoms with van der Waals surface area (Å²) in [6, 6.07) is 16.2. The van der Waals surface area contributed by atoms with E-state index in [1.807, 2.05) is 0 Å². The number of phenolic OH excluding ortho intramolecular Hbond substituents is 1. The Morgan fingerprint density at radius 1 is 1.00 bits per heavy atom. The number of aromatic hydroxyl groups is 1. The average Bonchev–Trinajstić information content (AvgIpc) is 2.72. The van der Waals surface area contributed by atoms with Gasteiger partial charge in [0.25, 0.3) is 0 Å². The number of urea groups is 1. The van der Waals surface area contributed by atoms with Crippen molar-refractivity contribution in [3.63, 3.8) is 0 Å². The molecule has 0 aliphatic carbocycles. The number of carbonyl (C=O) groups is 1. The third-order valence-corrected chi connectivity index (χ3v) is 7.10. The van der Waals surface area contributed by atoms with Gasteiger partial charge in [-0.3, -0.25) is 0 Å². The van der Waals surface area contributed by atoms with Gasteiger partial charge in [-0.15, -0.1) is 0 Å². The van der Waals surface area contributed by atoms with E-state index in [1.165, 1.54) is 36.4 Å². The topological polar surface area (TPSA) is 95.5 Å². The van der Waals surface area contributed by atoms with Gasteiger partial charge >= 0.3 is 6.03 Å². The number of sulfone groups is 1. The predicted octanol–water partition coefficient (Wildman–Crippen LogP) is 5.56. The second-order valence-electron chi connectivity index (χ2n) is 6.91. The summed E-state index contributed by atoms with van der Waals surface area (Å²) in [5, 5.41) is 15.5. The van der Waals surface area contributed by atoms with Crippen LogP contribution in [0.15, 0.2) is 71.6 Å². The molecular formula is C22H20Cl2N2O4S. The van der Waals surface area contributed by atoms with Crippen LogP contribution in [-0.4, -0.2) is 19.6 Å². The Morgan fingerprint density at radius 3 is 2.29 bits per heavy atom. The number of rotatable bonds is 6. The van der Waals surface area contributed by atoms with Crippen LogP contribution in [0.2, 0.25) is 10.0 Å². The van der Waals surface area contributed by atoms with E-state index in [1.54, 1.807) is 37.3 Å². The minimum absolute atomic E-state index is 0.0711. The Morgan fingerprint density at radius 2 is 1.65 bits per heavy atom. The Labute approximate surface area is 190 Å². The third kappa shape index (κ3) is 5.91. The van der Waals surface area contributed by atoms with Crippen molar-refractivity contribution in [2.24, 2.45) is 0 Å². The monoisotopic (exact) mass is 478 g/mol. The quantitative estimate of drug-likeness (QED) is 0.432. The van der Waals surface area contributed by atoms with Crippen LogP contribution in [0.4, 0.5) is 10.5 Å². The van der Waals surface area contributed by atoms with Crippen LogP contribution in [0.25, 0.3) is 0 Å². The molecule has 162 valence electrons. The Hall–Kier alpha value is -2.74. The van der Waals surface area contributed by atoms with Crippen molar-refractivity contribution in [3.05, 3.63) is 87.9 Å². The molecule has 0 spiro atoms. The fourth-order valence-corrected chi connectivity index (χ4v) is 4.76. The van der Waals surface area contributed by atoms with Gasteiger partial charge in [0.2, 0.25) is 0 Å². The largest absolute Gasteiger partial charge is 0.508 e. The number of benzene rings is 3. The van der Waals surface area contributed by atoms with E-state index < -0.39 is 21.9 Å². The van der Waals surface area contributed by atoms with E-state index in [-0.39, 0.29) is 16.4 Å². The Bertz CT molecular complexity index is 1180. The molecule has 3 N–H and O–H groups in total. The molecule has 9 heteroatoms. The van der Waals surface area contributed by atoms with Crippen molar-refractivity contribution in [1.29, 1.82) is 0 Å². The summed E-state index contributed by atoms with van der Waals surface area (Å²) in [5.74, 6) is -0.125. The lowest BCUT2D eigenvalue weighted by molar-refractivity contribution is 0.249. The van der Waals surface area contributed by atoms with Crippen LogP contribution < -0.4 is 10.6 Å². The molecule has 1 atom stereocenters. The van der Waals surface area contributed by atoms with Gasteiger partial charge in [0, 0.05) is 5.69 Å². The highest BCUT2D eigenvalue weighted by molar-refractivity contribution is 7.90. The molecule has 6 nitrogen and oxygen atoms in total. The summed E-state index contributed by atoms with van der Waals surface area (Å²) in [4.78, 5) is 12.4. The number of nitrogens with one attached hydrogen (secondary N) is 2. The first-order valence-electron chi connectivity index (χ1n) is 9.28. The summed E-state index contributed by atoms with van der Waals surface area (Å²) in [7, 11) is -3.57. The lowest BCUT2D eigenvalue weighted by atomic mass is 10.1. The standard InChI is InChI=1S/C22H20Cl2N2O4S/c1-14(19-3-2-4-20(23)21(19)24)25-22(28)26-16-7-11-18(12-8-16)31(29,30)13-15-5-9-17(27)10-6-15/h2-12,14,27H,13H2,1H3,(H2,25,26,28). The lowest BCUT2D eigenvalue weighted by Crippen LogP contribution is -2.31. The molecule has 1 unspecified atom stereocenters. The zero-order valence-corrected chi connectivity index (χ0v) is 18.8. The number of phenols is 1. The van der Waals surface area contributed by atoms with Gasteiger partial charge in [0.15, 0.2) is 9.84 Å². The molecule has 3 aromatic carbocycles. The summed E-state index contributed by atoms with van der Waals surface area (Å²) in [6.07, 6.45) is 0. The molecular weight excluding hydrogens is 459 g/mol. The van der Waals surface area contributed by atoms with Gasteiger partial charge in [-0.25, -0.2) is 13.2 Å². The zero-order valence-electron chi connectivity index (χ0n) is 16.5. The SMILES string of the molecule is CC(NC(=O)Nc1ccc(S(=O)(=O)Cc2ccc(O)cc2)cc1)c1cccc(Cl)c1Cl. The van der Waals surface area contributed by atoms with Crippen molar-refractivity contribution in [3.8, 4) is 5.75 Å². The van der Waals surface area contributed by atoms with E-state index in [4.69, 9.17) is 23.2 Å². The summed E-state index contributed by atoms with van der Waals surface area (Å²) in [5.41, 5.74) is 1.68. The van der Waals surface area contributed by atoms with E-state index in [9.17, 15) is 18.3 Å². The van der Waals surface area contributed by atoms with E-state index in [0.717, 1.165) is 0 Å². The van der Waals surface area contributed by atoms with E-state index in [0.29, 0.717) is 26.9 Å². The highest BCUT2D eigenvalue weighted by Gasteiger charge is 2.17. The first-order valence-corrected chi connectivity index (χ1v) is 11.7. The molecule has 0 bridgehead atoms. The normalized spacial score (nSPS) is 12.2. The summed E-state index contributed by atoms with van der Waals surface area (Å²) >= 11 is 12.2. The van der Waals surface area contributed by atoms with Crippen LogP contribution in [-0.2, 0) is 15.6 Å². The van der Waals surface area contributed by atoms with Crippen molar-refractivity contribution < 1.29 is 18.3 Å². The minimum atomic E-state index is -3.57. The van der Waals surface area contributed by atoms with Gasteiger partial charge in [-0.2, -0.15) is 0 Å². The fourth-order valence-electron chi connectivity index (χ4n) is 2.94. The van der Waals surface area contributed by atoms with Crippen molar-refractivity contribution >= 4 is 44.8 Å². The maximum absolute atomic E-state index is 12.6. The molecule has 0 aliphatic rings. The molecule has 3 rings (SSSR count). The average molecular weight is 479 g/mol. The molecule has 0 aromatic heterocycles. The van der Waals surface area contributed by atoms with Gasteiger partial charge < -0.3 is 15.7 Å². The third-order valence-electron chi connectivity index (χ3n) is 4.56. The first-order chi connectivity index (χ1) is 14.7. The molecule has 0 saturated heterocycles. The maximum atomic E-state index is 12.6. The van der Waals surface area contributed by atoms with Crippen LogP contribution in [0.1, 0.15) is 24.1 Å². The van der Waals surface area contributed by atoms with Crippen LogP contribution >= 0.6 is 23.2 Å². The smallest absolute Gasteiger partial charge is 0.319 e. The summed E-state index contributed by atoms with van der Waals surface area (Å²) in [6.45, 7) is 1.77. The molecule has 0 saturated carbocycles. The number of hydrogen-bond donors (Lipinski definition) is 3. The molecule has 0 fully saturated rings. The van der Waals surface area contributed by atoms with Crippen molar-refractivity contribution in [2.75, 3.05) is 5.32 Å². The Kier molecular flexibility index (Phi) is 7.10. The van der Waals surface area contributed by atoms with Crippen molar-refractivity contribution in [2.45, 2.75) is 23.6 Å². The van der Waals surface area contributed by atoms with Crippen LogP contribution in [0, 0.1) is 0 Å². The Balaban J connectivity index is 1.63. The predicted molar refractivity (Wildman–Crippen MR) is 122 cm³/mol. The number of amides is 2. The second kappa shape index (κ2) is 9.60. The lowest BCUT2D eigenvalue weighted by Gasteiger charge is -2.17. The molecule has 3 aromatic rings. The van der Waals surface area contributed by atoms with Gasteiger partial charge in [0.05, 0.1) is 26.7 Å². The minimum Gasteiger partial charge on any atom is -0.508 e. The first kappa shape index (κ1) is 22.9. The fraction of sp³-hybridized carbons (Fsp3) is 0.136. The molecule has 2 amide bonds. The molecule has 0 radical (unpaired) electrons. The van der Waals surface area contributed by atoms with Crippen molar-refractivity contribution in [1.82, 2.24) is 5.32 Å². The molecule has 31 heavy (non-hydrogen) atoms. The van der Waals surface area contributed by atoms with E-state index >= 15 is 0 Å². The second-order valence-corrected chi connectivity index (χ2v) is 9.69. The van der Waals surface area contributed by atoms with E-state index in [2.05, 4.69) is 10.6 Å². The van der Waals surface area contributed by atoms with Gasteiger partial charge in [0.1, 0.15) is 5.75 Å². The van der Waals surface area contributed by atoms with Gasteiger partial charge in [-0.1, -0.05) is 47.5 Å². The zero-order chi connectivity index (χ0) is 22.6. The highest BCUT2D eigenvalue weighted by Crippen LogP contribution is 2.29. The number of carbonyl (C=O) groups excluding carboxylic acids is 1. The number of halogens is 2. The number of hydrogen-bond acceptors (Lipinski definition) is 4. The molecule has 0 aliphatic heterocycles. The van der Waals surface area contributed by atoms with Gasteiger partial charge in [-0.05, 0) is 60.5 Å². The maximum Gasteiger partial charge on any atom is 0.319 e. The summed E-state index contributed by atoms with van der Waals surface area (Å²) < 4.78 is 25.2. The number of anilines is 1. The molecule has 0 heterocycles. The highest BCUT2D eigenvalue weighted by atomic mass is 35.5. The van der Waals surface area contributed by atoms with Crippen LogP contribution in [0.3, 0.4) is 0 Å².